The standard InChI is InChI=1S/C16H18F2N2O5S/c1-15(10-6-9(7-21)2-3-11(10)18)12-4-5-16(8-17,26(12,24)25)13(20-15)19-14(22)23/h2-3,6-7,12,24-25H,4-5,8H2,1H3,(H,19,20)(H,22,23)/t12-,15+,16-/m0/s1. The van der Waals surface area contributed by atoms with E-state index >= 15 is 0 Å². The first-order chi connectivity index (χ1) is 12.1. The van der Waals surface area contributed by atoms with Crippen molar-refractivity contribution >= 4 is 28.8 Å². The Morgan fingerprint density at radius 3 is 2.77 bits per heavy atom. The fourth-order valence-electron chi connectivity index (χ4n) is 3.91. The predicted molar refractivity (Wildman–Crippen MR) is 92.3 cm³/mol. The zero-order valence-electron chi connectivity index (χ0n) is 13.8. The number of rotatable bonds is 3. The quantitative estimate of drug-likeness (QED) is 0.593. The molecule has 0 aliphatic carbocycles. The number of aliphatic imine (C=N–C) groups is 1. The van der Waals surface area contributed by atoms with Crippen LogP contribution in [-0.2, 0) is 5.54 Å². The number of amides is 1. The molecular formula is C16H18F2N2O5S. The lowest BCUT2D eigenvalue weighted by atomic mass is 9.86. The van der Waals surface area contributed by atoms with Crippen LogP contribution in [0.3, 0.4) is 0 Å². The largest absolute Gasteiger partial charge is 0.465 e. The average molecular weight is 388 g/mol. The number of hydrogen-bond donors (Lipinski definition) is 4. The molecule has 7 nitrogen and oxygen atoms in total. The van der Waals surface area contributed by atoms with E-state index in [0.29, 0.717) is 6.29 Å². The molecule has 142 valence electrons. The second kappa shape index (κ2) is 6.00. The van der Waals surface area contributed by atoms with E-state index in [2.05, 4.69) is 4.99 Å². The van der Waals surface area contributed by atoms with Gasteiger partial charge in [0.05, 0.1) is 5.25 Å². The summed E-state index contributed by atoms with van der Waals surface area (Å²) in [7, 11) is -3.71. The molecule has 26 heavy (non-hydrogen) atoms. The number of aldehydes is 1. The van der Waals surface area contributed by atoms with E-state index < -0.39 is 50.5 Å². The lowest BCUT2D eigenvalue weighted by Crippen LogP contribution is -2.58. The molecule has 3 atom stereocenters. The summed E-state index contributed by atoms with van der Waals surface area (Å²) in [5, 5.41) is 10.0. The number of amidine groups is 1. The summed E-state index contributed by atoms with van der Waals surface area (Å²) in [4.78, 5) is 26.5. The number of carboxylic acid groups (broad SMARTS) is 1. The second-order valence-electron chi connectivity index (χ2n) is 6.64. The maximum absolute atomic E-state index is 14.5. The van der Waals surface area contributed by atoms with Crippen molar-refractivity contribution in [3.05, 3.63) is 35.1 Å². The van der Waals surface area contributed by atoms with Gasteiger partial charge in [0.2, 0.25) is 0 Å². The van der Waals surface area contributed by atoms with Crippen molar-refractivity contribution in [1.29, 1.82) is 0 Å². The Labute approximate surface area is 149 Å². The summed E-state index contributed by atoms with van der Waals surface area (Å²) in [5.74, 6) is -1.16. The van der Waals surface area contributed by atoms with E-state index in [0.717, 1.165) is 6.07 Å². The second-order valence-corrected chi connectivity index (χ2v) is 9.18. The van der Waals surface area contributed by atoms with Gasteiger partial charge < -0.3 is 5.11 Å². The monoisotopic (exact) mass is 388 g/mol. The minimum Gasteiger partial charge on any atom is -0.465 e. The first kappa shape index (κ1) is 18.7. The lowest BCUT2D eigenvalue weighted by molar-refractivity contribution is 0.112. The Balaban J connectivity index is 2.28. The van der Waals surface area contributed by atoms with Crippen LogP contribution in [0, 0.1) is 5.82 Å². The van der Waals surface area contributed by atoms with Crippen LogP contribution in [0.1, 0.15) is 35.7 Å². The number of alkyl halides is 1. The number of benzene rings is 1. The highest BCUT2D eigenvalue weighted by Gasteiger charge is 2.66. The van der Waals surface area contributed by atoms with Gasteiger partial charge in [-0.1, -0.05) is 0 Å². The van der Waals surface area contributed by atoms with Crippen LogP contribution in [0.25, 0.3) is 0 Å². The van der Waals surface area contributed by atoms with Crippen LogP contribution >= 0.6 is 10.6 Å². The zero-order valence-corrected chi connectivity index (χ0v) is 14.6. The van der Waals surface area contributed by atoms with Crippen molar-refractivity contribution in [2.75, 3.05) is 6.67 Å². The molecule has 1 saturated heterocycles. The number of carbonyl (C=O) groups excluding carboxylic acids is 1. The Kier molecular flexibility index (Phi) is 4.32. The Hall–Kier alpha value is -2.04. The topological polar surface area (TPSA) is 119 Å². The third-order valence-corrected chi connectivity index (χ3v) is 8.44. The molecule has 0 spiro atoms. The summed E-state index contributed by atoms with van der Waals surface area (Å²) in [6, 6.07) is 3.55. The predicted octanol–water partition coefficient (Wildman–Crippen LogP) is 3.15. The van der Waals surface area contributed by atoms with Gasteiger partial charge in [-0.05, 0) is 38.0 Å². The fraction of sp³-hybridized carbons (Fsp3) is 0.438. The highest BCUT2D eigenvalue weighted by molar-refractivity contribution is 8.26. The van der Waals surface area contributed by atoms with Crippen LogP contribution in [0.2, 0.25) is 0 Å². The van der Waals surface area contributed by atoms with Gasteiger partial charge in [0.1, 0.15) is 34.9 Å². The van der Waals surface area contributed by atoms with Gasteiger partial charge in [0.15, 0.2) is 0 Å². The SMILES string of the molecule is C[C@]1(c2cc(C=O)ccc2F)N=C(NC(=O)O)[C@@]2(CF)CC[C@@H]1S2(O)O. The van der Waals surface area contributed by atoms with Gasteiger partial charge in [-0.15, -0.1) is 0 Å². The average Bonchev–Trinajstić information content (AvgIpc) is 2.77. The number of carbonyl (C=O) groups is 2. The molecule has 2 aliphatic rings. The maximum atomic E-state index is 14.5. The molecule has 1 aromatic carbocycles. The van der Waals surface area contributed by atoms with E-state index in [1.54, 1.807) is 0 Å². The Morgan fingerprint density at radius 1 is 1.50 bits per heavy atom. The van der Waals surface area contributed by atoms with Gasteiger partial charge in [-0.2, -0.15) is 10.6 Å². The van der Waals surface area contributed by atoms with Gasteiger partial charge in [0.25, 0.3) is 0 Å². The molecule has 1 aromatic rings. The first-order valence-corrected chi connectivity index (χ1v) is 9.41. The normalized spacial score (nSPS) is 33.3. The van der Waals surface area contributed by atoms with Crippen molar-refractivity contribution in [1.82, 2.24) is 5.32 Å². The van der Waals surface area contributed by atoms with Crippen molar-refractivity contribution in [2.45, 2.75) is 35.3 Å². The van der Waals surface area contributed by atoms with Crippen LogP contribution in [0.15, 0.2) is 23.2 Å². The van der Waals surface area contributed by atoms with Gasteiger partial charge in [0, 0.05) is 11.1 Å². The van der Waals surface area contributed by atoms with E-state index in [-0.39, 0.29) is 24.0 Å². The molecule has 3 rings (SSSR count). The zero-order chi connectivity index (χ0) is 19.3. The van der Waals surface area contributed by atoms with Crippen molar-refractivity contribution in [2.24, 2.45) is 4.99 Å². The summed E-state index contributed by atoms with van der Waals surface area (Å²) >= 11 is 0. The third-order valence-electron chi connectivity index (χ3n) is 5.30. The summed E-state index contributed by atoms with van der Waals surface area (Å²) in [6.07, 6.45) is -0.961. The Bertz CT molecular complexity index is 818. The third kappa shape index (κ3) is 2.36. The molecular weight excluding hydrogens is 370 g/mol. The minimum atomic E-state index is -3.71. The summed E-state index contributed by atoms with van der Waals surface area (Å²) in [5.41, 5.74) is -1.50. The van der Waals surface area contributed by atoms with Crippen molar-refractivity contribution in [3.8, 4) is 0 Å². The maximum Gasteiger partial charge on any atom is 0.410 e. The highest BCUT2D eigenvalue weighted by atomic mass is 32.3. The molecule has 4 N–H and O–H groups in total. The smallest absolute Gasteiger partial charge is 0.410 e. The molecule has 2 bridgehead atoms. The Morgan fingerprint density at radius 2 is 2.19 bits per heavy atom. The van der Waals surface area contributed by atoms with Gasteiger partial charge in [-0.3, -0.25) is 24.2 Å². The number of hydrogen-bond acceptors (Lipinski definition) is 5. The van der Waals surface area contributed by atoms with Crippen LogP contribution in [0.4, 0.5) is 13.6 Å². The summed E-state index contributed by atoms with van der Waals surface area (Å²) in [6.45, 7) is 0.216. The van der Waals surface area contributed by atoms with Crippen LogP contribution in [-0.4, -0.2) is 49.1 Å². The van der Waals surface area contributed by atoms with E-state index in [1.165, 1.54) is 19.1 Å². The number of halogens is 2. The molecule has 2 aliphatic heterocycles. The minimum absolute atomic E-state index is 0.0415. The van der Waals surface area contributed by atoms with Crippen molar-refractivity contribution in [3.63, 3.8) is 0 Å². The van der Waals surface area contributed by atoms with Crippen molar-refractivity contribution < 1.29 is 32.6 Å². The van der Waals surface area contributed by atoms with E-state index in [4.69, 9.17) is 5.11 Å². The van der Waals surface area contributed by atoms with Gasteiger partial charge >= 0.3 is 6.09 Å². The first-order valence-electron chi connectivity index (χ1n) is 7.80. The fourth-order valence-corrected chi connectivity index (χ4v) is 6.68. The molecule has 0 saturated carbocycles. The van der Waals surface area contributed by atoms with E-state index in [1.807, 2.05) is 5.32 Å². The van der Waals surface area contributed by atoms with E-state index in [9.17, 15) is 27.5 Å². The number of nitrogens with one attached hydrogen (secondary N) is 1. The number of fused-ring (bicyclic) bond motifs is 2. The molecule has 1 fully saturated rings. The number of nitrogens with zero attached hydrogens (tertiary/aromatic N) is 1. The summed E-state index contributed by atoms with van der Waals surface area (Å²) < 4.78 is 48.2. The van der Waals surface area contributed by atoms with Crippen LogP contribution < -0.4 is 5.32 Å². The molecule has 1 amide bonds. The molecule has 2 heterocycles. The van der Waals surface area contributed by atoms with Gasteiger partial charge in [-0.25, -0.2) is 13.6 Å². The lowest BCUT2D eigenvalue weighted by Gasteiger charge is -2.55. The van der Waals surface area contributed by atoms with Crippen LogP contribution in [0.5, 0.6) is 0 Å². The molecule has 0 radical (unpaired) electrons. The highest BCUT2D eigenvalue weighted by Crippen LogP contribution is 2.72. The molecule has 0 unspecified atom stereocenters. The molecule has 0 aromatic heterocycles. The molecule has 10 heteroatoms.